The Morgan fingerprint density at radius 1 is 0.812 bits per heavy atom. The topological polar surface area (TPSA) is 18.5 Å². The van der Waals surface area contributed by atoms with Crippen molar-refractivity contribution in [2.75, 3.05) is 0 Å². The van der Waals surface area contributed by atoms with Crippen LogP contribution in [0.25, 0.3) is 0 Å². The second-order valence-corrected chi connectivity index (χ2v) is 18.9. The van der Waals surface area contributed by atoms with E-state index in [9.17, 15) is 0 Å². The Kier molecular flexibility index (Phi) is 7.67. The average Bonchev–Trinajstić information content (AvgIpc) is 1.74. The molecule has 2 nitrogen and oxygen atoms in total. The molecule has 0 aliphatic carbocycles. The molecule has 16 heavy (non-hydrogen) atoms. The van der Waals surface area contributed by atoms with Crippen LogP contribution in [-0.4, -0.2) is 25.2 Å². The van der Waals surface area contributed by atoms with E-state index in [1.165, 1.54) is 12.5 Å². The number of hydrogen-bond acceptors (Lipinski definition) is 2. The molecule has 0 rings (SSSR count). The van der Waals surface area contributed by atoms with Gasteiger partial charge in [0.15, 0.2) is 16.6 Å². The van der Waals surface area contributed by atoms with Crippen molar-refractivity contribution in [2.24, 2.45) is 0 Å². The van der Waals surface area contributed by atoms with Crippen LogP contribution in [0.2, 0.25) is 51.9 Å². The van der Waals surface area contributed by atoms with E-state index >= 15 is 0 Å². The van der Waals surface area contributed by atoms with Gasteiger partial charge in [0.25, 0.3) is 0 Å². The van der Waals surface area contributed by atoms with Crippen molar-refractivity contribution >= 4 is 25.2 Å². The molecule has 0 spiro atoms. The van der Waals surface area contributed by atoms with Gasteiger partial charge >= 0.3 is 8.56 Å². The predicted octanol–water partition coefficient (Wildman–Crippen LogP) is 4.81. The van der Waals surface area contributed by atoms with Crippen LogP contribution in [-0.2, 0) is 8.23 Å². The number of rotatable bonds is 6. The zero-order valence-corrected chi connectivity index (χ0v) is 14.7. The molecule has 0 aliphatic rings. The summed E-state index contributed by atoms with van der Waals surface area (Å²) in [5.74, 6) is 0. The minimum atomic E-state index is -1.89. The van der Waals surface area contributed by atoms with Crippen LogP contribution in [0.3, 0.4) is 0 Å². The lowest BCUT2D eigenvalue weighted by atomic mass is 10.6. The van der Waals surface area contributed by atoms with Gasteiger partial charge in [-0.15, -0.1) is 0 Å². The smallest absolute Gasteiger partial charge is 0.311 e. The maximum atomic E-state index is 6.33. The first-order valence-corrected chi connectivity index (χ1v) is 15.2. The van der Waals surface area contributed by atoms with Crippen LogP contribution in [0.15, 0.2) is 0 Å². The van der Waals surface area contributed by atoms with Gasteiger partial charge < -0.3 is 8.23 Å². The lowest BCUT2D eigenvalue weighted by molar-refractivity contribution is 0.391. The summed E-state index contributed by atoms with van der Waals surface area (Å²) in [5.41, 5.74) is 0. The summed E-state index contributed by atoms with van der Waals surface area (Å²) in [5, 5.41) is 0. The first-order chi connectivity index (χ1) is 6.47. The van der Waals surface area contributed by atoms with Gasteiger partial charge in [0.05, 0.1) is 0 Å². The van der Waals surface area contributed by atoms with Crippen molar-refractivity contribution in [3.8, 4) is 0 Å². The van der Waals surface area contributed by atoms with E-state index < -0.39 is 25.2 Å². The fourth-order valence-electron chi connectivity index (χ4n) is 2.08. The molecule has 0 aliphatic heterocycles. The van der Waals surface area contributed by atoms with Crippen molar-refractivity contribution in [1.29, 1.82) is 0 Å². The third-order valence-electron chi connectivity index (χ3n) is 1.93. The fraction of sp³-hybridized carbons (Fsp3) is 1.00. The van der Waals surface area contributed by atoms with E-state index in [1.807, 2.05) is 0 Å². The molecule has 0 radical (unpaired) electrons. The molecule has 0 N–H and O–H groups in total. The van der Waals surface area contributed by atoms with Gasteiger partial charge in [0, 0.05) is 0 Å². The summed E-state index contributed by atoms with van der Waals surface area (Å²) >= 11 is 0. The Morgan fingerprint density at radius 3 is 1.56 bits per heavy atom. The second-order valence-electron chi connectivity index (χ2n) is 6.23. The molecule has 0 aromatic heterocycles. The zero-order valence-electron chi connectivity index (χ0n) is 11.7. The molecular weight excluding hydrogens is 248 g/mol. The third kappa shape index (κ3) is 9.77. The lowest BCUT2D eigenvalue weighted by Crippen LogP contribution is -2.51. The molecule has 5 heteroatoms. The molecule has 0 aromatic carbocycles. The van der Waals surface area contributed by atoms with Gasteiger partial charge in [0.2, 0.25) is 0 Å². The van der Waals surface area contributed by atoms with Gasteiger partial charge in [-0.2, -0.15) is 0 Å². The van der Waals surface area contributed by atoms with E-state index in [1.54, 1.807) is 0 Å². The molecule has 0 amide bonds. The minimum absolute atomic E-state index is 0. The van der Waals surface area contributed by atoms with Crippen LogP contribution >= 0.6 is 0 Å². The summed E-state index contributed by atoms with van der Waals surface area (Å²) in [6.45, 7) is 17.9. The minimum Gasteiger partial charge on any atom is -0.437 e. The van der Waals surface area contributed by atoms with Crippen molar-refractivity contribution < 1.29 is 8.23 Å². The van der Waals surface area contributed by atoms with E-state index in [4.69, 9.17) is 8.23 Å². The van der Waals surface area contributed by atoms with Gasteiger partial charge in [-0.05, 0) is 51.9 Å². The van der Waals surface area contributed by atoms with Crippen LogP contribution in [0.5, 0.6) is 0 Å². The Balaban J connectivity index is 0. The summed E-state index contributed by atoms with van der Waals surface area (Å²) in [6, 6.07) is 1.23. The van der Waals surface area contributed by atoms with Crippen LogP contribution in [0.4, 0.5) is 0 Å². The highest BCUT2D eigenvalue weighted by molar-refractivity contribution is 6.87. The van der Waals surface area contributed by atoms with Gasteiger partial charge in [-0.25, -0.2) is 0 Å². The second kappa shape index (κ2) is 6.49. The van der Waals surface area contributed by atoms with E-state index in [-0.39, 0.29) is 7.43 Å². The SMILES string of the molecule is C.CCC[Si](C)(C)O[Si](C)(C)O[Si](C)(C)C. The lowest BCUT2D eigenvalue weighted by Gasteiger charge is -2.37. The third-order valence-corrected chi connectivity index (χ3v) is 12.2. The highest BCUT2D eigenvalue weighted by Gasteiger charge is 2.37. The summed E-state index contributed by atoms with van der Waals surface area (Å²) in [7, 11) is -4.82. The molecule has 0 saturated heterocycles. The van der Waals surface area contributed by atoms with E-state index in [0.717, 1.165) is 0 Å². The highest BCUT2D eigenvalue weighted by Crippen LogP contribution is 2.23. The molecule has 0 unspecified atom stereocenters. The Bertz CT molecular complexity index is 198. The van der Waals surface area contributed by atoms with Crippen molar-refractivity contribution in [3.05, 3.63) is 0 Å². The Labute approximate surface area is 106 Å². The first kappa shape index (κ1) is 18.9. The molecule has 0 bridgehead atoms. The van der Waals surface area contributed by atoms with Crippen LogP contribution in [0.1, 0.15) is 20.8 Å². The monoisotopic (exact) mass is 280 g/mol. The molecule has 0 saturated carbocycles. The average molecular weight is 281 g/mol. The van der Waals surface area contributed by atoms with Gasteiger partial charge in [-0.1, -0.05) is 20.8 Å². The summed E-state index contributed by atoms with van der Waals surface area (Å²) in [4.78, 5) is 0. The predicted molar refractivity (Wildman–Crippen MR) is 82.3 cm³/mol. The Hall–Kier alpha value is 0.571. The van der Waals surface area contributed by atoms with Crippen molar-refractivity contribution in [1.82, 2.24) is 0 Å². The summed E-state index contributed by atoms with van der Waals surface area (Å²) < 4.78 is 12.5. The summed E-state index contributed by atoms with van der Waals surface area (Å²) in [6.07, 6.45) is 1.22. The largest absolute Gasteiger partial charge is 0.437 e. The molecule has 0 atom stereocenters. The van der Waals surface area contributed by atoms with Crippen molar-refractivity contribution in [2.45, 2.75) is 72.6 Å². The first-order valence-electron chi connectivity index (χ1n) is 5.88. The maximum Gasteiger partial charge on any atom is 0.311 e. The maximum absolute atomic E-state index is 6.33. The fourth-order valence-corrected chi connectivity index (χ4v) is 15.5. The molecule has 100 valence electrons. The Morgan fingerprint density at radius 2 is 1.25 bits per heavy atom. The normalized spacial score (nSPS) is 13.5. The standard InChI is InChI=1S/C10H28O2Si3.CH4/c1-9-10-14(5,6)12-15(7,8)11-13(2,3)4;/h9-10H2,1-8H3;1H4. The molecule has 0 aromatic rings. The molecular formula is C11H32O2Si3. The molecule has 0 heterocycles. The van der Waals surface area contributed by atoms with Gasteiger partial charge in [-0.3, -0.25) is 0 Å². The van der Waals surface area contributed by atoms with E-state index in [0.29, 0.717) is 0 Å². The van der Waals surface area contributed by atoms with Gasteiger partial charge in [0.1, 0.15) is 0 Å². The highest BCUT2D eigenvalue weighted by atomic mass is 28.5. The quantitative estimate of drug-likeness (QED) is 0.650. The molecule has 0 fully saturated rings. The van der Waals surface area contributed by atoms with Crippen molar-refractivity contribution in [3.63, 3.8) is 0 Å². The van der Waals surface area contributed by atoms with Crippen LogP contribution in [0, 0.1) is 0 Å². The van der Waals surface area contributed by atoms with Crippen LogP contribution < -0.4 is 0 Å². The number of hydrogen-bond donors (Lipinski definition) is 0. The van der Waals surface area contributed by atoms with E-state index in [2.05, 4.69) is 52.8 Å². The zero-order chi connectivity index (χ0) is 12.3.